The molecule has 0 unspecified atom stereocenters. The summed E-state index contributed by atoms with van der Waals surface area (Å²) in [4.78, 5) is 21.7. The fourth-order valence-corrected chi connectivity index (χ4v) is 4.84. The molecule has 188 valence electrons. The minimum atomic E-state index is -2.42. The van der Waals surface area contributed by atoms with Crippen molar-refractivity contribution in [1.29, 1.82) is 0 Å². The molecule has 0 radical (unpaired) electrons. The number of phenols is 1. The van der Waals surface area contributed by atoms with Gasteiger partial charge in [-0.1, -0.05) is 44.2 Å². The summed E-state index contributed by atoms with van der Waals surface area (Å²) in [6.45, 7) is 10.8. The van der Waals surface area contributed by atoms with E-state index in [9.17, 15) is 19.8 Å². The van der Waals surface area contributed by atoms with Gasteiger partial charge in [-0.2, -0.15) is 0 Å². The Labute approximate surface area is 204 Å². The molecule has 0 spiro atoms. The molecule has 2 atom stereocenters. The van der Waals surface area contributed by atoms with Crippen LogP contribution < -0.4 is 5.32 Å². The third kappa shape index (κ3) is 8.23. The molecule has 0 saturated carbocycles. The second-order valence-electron chi connectivity index (χ2n) is 10.6. The lowest BCUT2D eigenvalue weighted by Crippen LogP contribution is -2.41. The molecular weight excluding hydrogens is 446 g/mol. The highest BCUT2D eigenvalue weighted by Gasteiger charge is 2.40. The number of hydrogen-bond acceptors (Lipinski definition) is 5. The van der Waals surface area contributed by atoms with E-state index in [1.54, 1.807) is 6.07 Å². The van der Waals surface area contributed by atoms with Gasteiger partial charge in [0, 0.05) is 24.6 Å². The molecule has 0 aromatic heterocycles. The van der Waals surface area contributed by atoms with Crippen molar-refractivity contribution in [3.8, 4) is 5.75 Å². The van der Waals surface area contributed by atoms with Crippen LogP contribution in [0.1, 0.15) is 61.8 Å². The molecule has 0 aliphatic carbocycles. The Morgan fingerprint density at radius 3 is 2.41 bits per heavy atom. The first kappa shape index (κ1) is 28.0. The average molecular weight is 488 g/mol. The molecule has 0 aliphatic heterocycles. The minimum Gasteiger partial charge on any atom is -0.508 e. The number of carboxylic acid groups (broad SMARTS) is 1. The van der Waals surface area contributed by atoms with Crippen molar-refractivity contribution in [2.45, 2.75) is 83.2 Å². The van der Waals surface area contributed by atoms with Crippen molar-refractivity contribution in [3.63, 3.8) is 0 Å². The van der Waals surface area contributed by atoms with E-state index < -0.39 is 14.3 Å². The summed E-state index contributed by atoms with van der Waals surface area (Å²) in [6, 6.07) is 13.7. The third-order valence-corrected chi connectivity index (χ3v) is 10.5. The van der Waals surface area contributed by atoms with Gasteiger partial charge < -0.3 is 25.4 Å². The second kappa shape index (κ2) is 12.0. The Balaban J connectivity index is 2.14. The molecule has 0 amide bonds. The molecule has 0 saturated heterocycles. The molecule has 34 heavy (non-hydrogen) atoms. The number of hydrogen-bond donors (Lipinski definition) is 5. The molecule has 0 heterocycles. The van der Waals surface area contributed by atoms with Crippen molar-refractivity contribution >= 4 is 14.3 Å². The van der Waals surface area contributed by atoms with Gasteiger partial charge in [0.05, 0.1) is 6.61 Å². The lowest BCUT2D eigenvalue weighted by Gasteiger charge is -2.38. The zero-order chi connectivity index (χ0) is 25.5. The van der Waals surface area contributed by atoms with Crippen molar-refractivity contribution in [2.75, 3.05) is 6.54 Å². The summed E-state index contributed by atoms with van der Waals surface area (Å²) in [5, 5.41) is 32.0. The summed E-state index contributed by atoms with van der Waals surface area (Å²) in [6.07, 6.45) is 2.25. The number of aliphatic carboxylic acids is 1. The van der Waals surface area contributed by atoms with Crippen LogP contribution in [0, 0.1) is 0 Å². The van der Waals surface area contributed by atoms with Gasteiger partial charge in [0.25, 0.3) is 0 Å². The Bertz CT molecular complexity index is 954. The van der Waals surface area contributed by atoms with Crippen LogP contribution in [0.2, 0.25) is 18.1 Å². The van der Waals surface area contributed by atoms with Crippen LogP contribution in [-0.2, 0) is 24.2 Å². The van der Waals surface area contributed by atoms with Crippen molar-refractivity contribution in [2.24, 2.45) is 0 Å². The molecule has 0 bridgehead atoms. The maximum absolute atomic E-state index is 10.9. The molecule has 2 aromatic carbocycles. The highest BCUT2D eigenvalue weighted by Crippen LogP contribution is 2.44. The van der Waals surface area contributed by atoms with Crippen LogP contribution in [0.5, 0.6) is 5.75 Å². The van der Waals surface area contributed by atoms with Gasteiger partial charge in [-0.25, -0.2) is 0 Å². The summed E-state index contributed by atoms with van der Waals surface area (Å²) >= 11 is 0. The topological polar surface area (TPSA) is 110 Å². The molecule has 2 rings (SSSR count). The number of carboxylic acids is 1. The van der Waals surface area contributed by atoms with Gasteiger partial charge >= 0.3 is 5.97 Å². The zero-order valence-corrected chi connectivity index (χ0v) is 22.1. The number of aliphatic hydroxyl groups excluding tert-OH is 1. The zero-order valence-electron chi connectivity index (χ0n) is 21.1. The number of aryl methyl sites for hydroxylation is 1. The summed E-state index contributed by atoms with van der Waals surface area (Å²) < 4.78 is 0. The van der Waals surface area contributed by atoms with Gasteiger partial charge in [-0.05, 0) is 79.1 Å². The first-order valence-electron chi connectivity index (χ1n) is 12.0. The molecule has 0 fully saturated rings. The standard InChI is InChI=1S/C27H41NO5Si/c1-19(13-21-8-6-7-20(14-21)9-12-26(31)32)28-17-24(16-27(2,3)34(4,5)33)22-10-11-25(30)23(15-22)18-29/h6-8,10-11,14-15,19,24,28-30,33H,9,12-13,16-18H2,1-5H3,(H,31,32)/t19-,24+/m1/s1. The smallest absolute Gasteiger partial charge is 0.303 e. The highest BCUT2D eigenvalue weighted by atomic mass is 28.4. The Morgan fingerprint density at radius 2 is 1.79 bits per heavy atom. The monoisotopic (exact) mass is 487 g/mol. The Kier molecular flexibility index (Phi) is 9.88. The highest BCUT2D eigenvalue weighted by molar-refractivity contribution is 6.72. The van der Waals surface area contributed by atoms with Crippen molar-refractivity contribution < 1.29 is 24.9 Å². The van der Waals surface area contributed by atoms with Crippen LogP contribution in [0.4, 0.5) is 0 Å². The van der Waals surface area contributed by atoms with Gasteiger partial charge in [0.1, 0.15) is 5.75 Å². The van der Waals surface area contributed by atoms with E-state index >= 15 is 0 Å². The van der Waals surface area contributed by atoms with Crippen molar-refractivity contribution in [3.05, 3.63) is 64.7 Å². The number of rotatable bonds is 13. The van der Waals surface area contributed by atoms with E-state index in [4.69, 9.17) is 5.11 Å². The van der Waals surface area contributed by atoms with Gasteiger partial charge in [-0.15, -0.1) is 0 Å². The summed E-state index contributed by atoms with van der Waals surface area (Å²) in [7, 11) is -2.42. The molecular formula is C27H41NO5Si. The van der Waals surface area contributed by atoms with E-state index in [1.165, 1.54) is 0 Å². The fourth-order valence-electron chi connectivity index (χ4n) is 4.09. The van der Waals surface area contributed by atoms with Crippen LogP contribution in [0.25, 0.3) is 0 Å². The van der Waals surface area contributed by atoms with E-state index in [1.807, 2.05) is 37.4 Å². The van der Waals surface area contributed by atoms with E-state index in [2.05, 4.69) is 38.2 Å². The average Bonchev–Trinajstić information content (AvgIpc) is 2.75. The van der Waals surface area contributed by atoms with E-state index in [0.29, 0.717) is 18.5 Å². The normalized spacial score (nSPS) is 14.1. The molecule has 6 nitrogen and oxygen atoms in total. The van der Waals surface area contributed by atoms with Crippen LogP contribution >= 0.6 is 0 Å². The van der Waals surface area contributed by atoms with E-state index in [0.717, 1.165) is 29.5 Å². The number of aromatic hydroxyl groups is 1. The van der Waals surface area contributed by atoms with Crippen LogP contribution in [0.15, 0.2) is 42.5 Å². The lowest BCUT2D eigenvalue weighted by atomic mass is 9.88. The maximum atomic E-state index is 10.9. The predicted molar refractivity (Wildman–Crippen MR) is 139 cm³/mol. The number of carbonyl (C=O) groups is 1. The van der Waals surface area contributed by atoms with Crippen molar-refractivity contribution in [1.82, 2.24) is 5.32 Å². The predicted octanol–water partition coefficient (Wildman–Crippen LogP) is 4.57. The van der Waals surface area contributed by atoms with Gasteiger partial charge in [0.2, 0.25) is 0 Å². The Hall–Kier alpha value is -2.19. The number of aliphatic hydroxyl groups is 1. The third-order valence-electron chi connectivity index (χ3n) is 7.03. The minimum absolute atomic E-state index is 0.0882. The SMILES string of the molecule is C[C@H](Cc1cccc(CCC(=O)O)c1)NC[C@H](CC(C)(C)[Si](C)(C)O)c1ccc(O)c(CO)c1. The lowest BCUT2D eigenvalue weighted by molar-refractivity contribution is -0.136. The van der Waals surface area contributed by atoms with Gasteiger partial charge in [-0.3, -0.25) is 4.79 Å². The number of benzene rings is 2. The van der Waals surface area contributed by atoms with E-state index in [-0.39, 0.29) is 35.8 Å². The number of nitrogens with one attached hydrogen (secondary N) is 1. The molecule has 2 aromatic rings. The fraction of sp³-hybridized carbons (Fsp3) is 0.519. The van der Waals surface area contributed by atoms with Gasteiger partial charge in [0.15, 0.2) is 8.32 Å². The molecule has 0 aliphatic rings. The molecule has 5 N–H and O–H groups in total. The second-order valence-corrected chi connectivity index (χ2v) is 15.1. The largest absolute Gasteiger partial charge is 0.508 e. The van der Waals surface area contributed by atoms with Crippen LogP contribution in [0.3, 0.4) is 0 Å². The quantitative estimate of drug-likeness (QED) is 0.265. The Morgan fingerprint density at radius 1 is 1.12 bits per heavy atom. The maximum Gasteiger partial charge on any atom is 0.303 e. The summed E-state index contributed by atoms with van der Waals surface area (Å²) in [5.41, 5.74) is 3.73. The summed E-state index contributed by atoms with van der Waals surface area (Å²) in [5.74, 6) is -0.600. The first-order valence-corrected chi connectivity index (χ1v) is 14.9. The van der Waals surface area contributed by atoms with Crippen LogP contribution in [-0.4, -0.2) is 47.0 Å². The first-order chi connectivity index (χ1) is 15.8. The molecule has 7 heteroatoms.